The van der Waals surface area contributed by atoms with E-state index in [1.807, 2.05) is 31.2 Å². The molecule has 0 spiro atoms. The Labute approximate surface area is 114 Å². The van der Waals surface area contributed by atoms with Crippen LogP contribution < -0.4 is 15.4 Å². The summed E-state index contributed by atoms with van der Waals surface area (Å²) in [6.07, 6.45) is 0. The van der Waals surface area contributed by atoms with E-state index < -0.39 is 0 Å². The number of hydrogen-bond acceptors (Lipinski definition) is 4. The van der Waals surface area contributed by atoms with E-state index in [1.54, 1.807) is 14.2 Å². The molecule has 1 amide bonds. The summed E-state index contributed by atoms with van der Waals surface area (Å²) in [5, 5.41) is 5.93. The third kappa shape index (κ3) is 5.72. The Morgan fingerprint density at radius 1 is 1.26 bits per heavy atom. The van der Waals surface area contributed by atoms with Crippen LogP contribution in [0.4, 0.5) is 0 Å². The Morgan fingerprint density at radius 3 is 2.53 bits per heavy atom. The van der Waals surface area contributed by atoms with Crippen molar-refractivity contribution in [1.29, 1.82) is 0 Å². The van der Waals surface area contributed by atoms with Gasteiger partial charge in [0, 0.05) is 13.7 Å². The van der Waals surface area contributed by atoms with E-state index in [4.69, 9.17) is 9.47 Å². The summed E-state index contributed by atoms with van der Waals surface area (Å²) in [7, 11) is 3.26. The van der Waals surface area contributed by atoms with Crippen molar-refractivity contribution in [3.8, 4) is 5.75 Å². The molecule has 0 bridgehead atoms. The summed E-state index contributed by atoms with van der Waals surface area (Å²) in [6.45, 7) is 3.51. The Bertz CT molecular complexity index is 379. The summed E-state index contributed by atoms with van der Waals surface area (Å²) in [6, 6.07) is 7.64. The van der Waals surface area contributed by atoms with Gasteiger partial charge in [-0.05, 0) is 24.6 Å². The Kier molecular flexibility index (Phi) is 6.92. The third-order valence-corrected chi connectivity index (χ3v) is 2.76. The highest BCUT2D eigenvalue weighted by molar-refractivity contribution is 5.78. The molecule has 19 heavy (non-hydrogen) atoms. The number of carbonyl (C=O) groups is 1. The van der Waals surface area contributed by atoms with Crippen LogP contribution in [-0.4, -0.2) is 39.8 Å². The molecule has 1 aromatic carbocycles. The van der Waals surface area contributed by atoms with Crippen molar-refractivity contribution in [2.45, 2.75) is 13.0 Å². The minimum Gasteiger partial charge on any atom is -0.497 e. The van der Waals surface area contributed by atoms with Crippen LogP contribution in [0.5, 0.6) is 5.75 Å². The molecule has 5 nitrogen and oxygen atoms in total. The molecular weight excluding hydrogens is 244 g/mol. The maximum atomic E-state index is 11.7. The van der Waals surface area contributed by atoms with Crippen molar-refractivity contribution in [3.63, 3.8) is 0 Å². The highest BCUT2D eigenvalue weighted by atomic mass is 16.5. The minimum atomic E-state index is -0.0283. The van der Waals surface area contributed by atoms with Gasteiger partial charge in [0.1, 0.15) is 5.75 Å². The number of nitrogens with one attached hydrogen (secondary N) is 2. The van der Waals surface area contributed by atoms with Crippen molar-refractivity contribution in [3.05, 3.63) is 29.8 Å². The number of amides is 1. The van der Waals surface area contributed by atoms with Crippen LogP contribution in [0.25, 0.3) is 0 Å². The first-order chi connectivity index (χ1) is 9.17. The van der Waals surface area contributed by atoms with Crippen LogP contribution in [-0.2, 0) is 9.53 Å². The molecule has 0 aliphatic carbocycles. The first kappa shape index (κ1) is 15.5. The van der Waals surface area contributed by atoms with E-state index in [2.05, 4.69) is 10.6 Å². The van der Waals surface area contributed by atoms with Crippen LogP contribution in [0.3, 0.4) is 0 Å². The molecule has 0 aromatic heterocycles. The number of hydrogen-bond donors (Lipinski definition) is 2. The number of methoxy groups -OCH3 is 2. The van der Waals surface area contributed by atoms with Gasteiger partial charge in [-0.2, -0.15) is 0 Å². The molecule has 5 heteroatoms. The van der Waals surface area contributed by atoms with E-state index in [9.17, 15) is 4.79 Å². The highest BCUT2D eigenvalue weighted by Gasteiger charge is 2.09. The molecule has 0 saturated carbocycles. The quantitative estimate of drug-likeness (QED) is 0.692. The normalized spacial score (nSPS) is 11.9. The maximum absolute atomic E-state index is 11.7. The van der Waals surface area contributed by atoms with E-state index in [-0.39, 0.29) is 11.9 Å². The summed E-state index contributed by atoms with van der Waals surface area (Å²) in [5.74, 6) is 0.780. The van der Waals surface area contributed by atoms with Crippen molar-refractivity contribution in [2.24, 2.45) is 0 Å². The third-order valence-electron chi connectivity index (χ3n) is 2.76. The van der Waals surface area contributed by atoms with Gasteiger partial charge in [-0.1, -0.05) is 12.1 Å². The SMILES string of the molecule is COCCNCC(=O)NC(C)c1ccc(OC)cc1. The topological polar surface area (TPSA) is 59.6 Å². The standard InChI is InChI=1S/C14H22N2O3/c1-11(12-4-6-13(19-3)7-5-12)16-14(17)10-15-8-9-18-2/h4-7,11,15H,8-10H2,1-3H3,(H,16,17). The summed E-state index contributed by atoms with van der Waals surface area (Å²) in [4.78, 5) is 11.7. The number of benzene rings is 1. The van der Waals surface area contributed by atoms with E-state index in [1.165, 1.54) is 0 Å². The lowest BCUT2D eigenvalue weighted by Gasteiger charge is -2.15. The Morgan fingerprint density at radius 2 is 1.95 bits per heavy atom. The molecule has 0 aliphatic rings. The molecule has 0 heterocycles. The zero-order valence-corrected chi connectivity index (χ0v) is 11.7. The van der Waals surface area contributed by atoms with Crippen molar-refractivity contribution in [1.82, 2.24) is 10.6 Å². The first-order valence-corrected chi connectivity index (χ1v) is 6.30. The van der Waals surface area contributed by atoms with E-state index in [0.29, 0.717) is 19.7 Å². The summed E-state index contributed by atoms with van der Waals surface area (Å²) < 4.78 is 9.99. The smallest absolute Gasteiger partial charge is 0.234 e. The monoisotopic (exact) mass is 266 g/mol. The highest BCUT2D eigenvalue weighted by Crippen LogP contribution is 2.16. The first-order valence-electron chi connectivity index (χ1n) is 6.30. The summed E-state index contributed by atoms with van der Waals surface area (Å²) >= 11 is 0. The molecule has 1 aromatic rings. The lowest BCUT2D eigenvalue weighted by atomic mass is 10.1. The second kappa shape index (κ2) is 8.50. The van der Waals surface area contributed by atoms with Gasteiger partial charge in [-0.3, -0.25) is 4.79 Å². The van der Waals surface area contributed by atoms with Gasteiger partial charge in [0.05, 0.1) is 26.3 Å². The predicted octanol–water partition coefficient (Wildman–Crippen LogP) is 1.11. The zero-order valence-electron chi connectivity index (χ0n) is 11.7. The number of carbonyl (C=O) groups excluding carboxylic acids is 1. The molecule has 1 unspecified atom stereocenters. The maximum Gasteiger partial charge on any atom is 0.234 e. The molecule has 0 saturated heterocycles. The van der Waals surface area contributed by atoms with Crippen molar-refractivity contribution < 1.29 is 14.3 Å². The fraction of sp³-hybridized carbons (Fsp3) is 0.500. The van der Waals surface area contributed by atoms with Crippen LogP contribution in [0.15, 0.2) is 24.3 Å². The molecule has 106 valence electrons. The van der Waals surface area contributed by atoms with Crippen LogP contribution in [0, 0.1) is 0 Å². The van der Waals surface area contributed by atoms with Crippen LogP contribution in [0.1, 0.15) is 18.5 Å². The average molecular weight is 266 g/mol. The average Bonchev–Trinajstić information content (AvgIpc) is 2.43. The molecule has 1 rings (SSSR count). The van der Waals surface area contributed by atoms with Gasteiger partial charge >= 0.3 is 0 Å². The second-order valence-electron chi connectivity index (χ2n) is 4.23. The predicted molar refractivity (Wildman–Crippen MR) is 74.3 cm³/mol. The van der Waals surface area contributed by atoms with Gasteiger partial charge in [-0.15, -0.1) is 0 Å². The Balaban J connectivity index is 2.36. The molecule has 2 N–H and O–H groups in total. The van der Waals surface area contributed by atoms with Gasteiger partial charge in [-0.25, -0.2) is 0 Å². The van der Waals surface area contributed by atoms with Gasteiger partial charge in [0.2, 0.25) is 5.91 Å². The lowest BCUT2D eigenvalue weighted by Crippen LogP contribution is -2.36. The summed E-state index contributed by atoms with van der Waals surface area (Å²) in [5.41, 5.74) is 1.05. The van der Waals surface area contributed by atoms with Gasteiger partial charge in [0.25, 0.3) is 0 Å². The minimum absolute atomic E-state index is 0.0253. The molecule has 0 radical (unpaired) electrons. The van der Waals surface area contributed by atoms with Crippen molar-refractivity contribution >= 4 is 5.91 Å². The van der Waals surface area contributed by atoms with E-state index in [0.717, 1.165) is 11.3 Å². The second-order valence-corrected chi connectivity index (χ2v) is 4.23. The fourth-order valence-corrected chi connectivity index (χ4v) is 1.64. The molecule has 0 fully saturated rings. The molecule has 1 atom stereocenters. The lowest BCUT2D eigenvalue weighted by molar-refractivity contribution is -0.120. The van der Waals surface area contributed by atoms with Crippen molar-refractivity contribution in [2.75, 3.05) is 33.9 Å². The Hall–Kier alpha value is -1.59. The number of rotatable bonds is 8. The van der Waals surface area contributed by atoms with Crippen LogP contribution in [0.2, 0.25) is 0 Å². The zero-order chi connectivity index (χ0) is 14.1. The largest absolute Gasteiger partial charge is 0.497 e. The molecule has 0 aliphatic heterocycles. The number of ether oxygens (including phenoxy) is 2. The van der Waals surface area contributed by atoms with Crippen LogP contribution >= 0.6 is 0 Å². The van der Waals surface area contributed by atoms with Gasteiger partial charge < -0.3 is 20.1 Å². The van der Waals surface area contributed by atoms with Gasteiger partial charge in [0.15, 0.2) is 0 Å². The fourth-order valence-electron chi connectivity index (χ4n) is 1.64. The molecular formula is C14H22N2O3. The van der Waals surface area contributed by atoms with E-state index >= 15 is 0 Å².